The summed E-state index contributed by atoms with van der Waals surface area (Å²) in [5.41, 5.74) is 1.40. The second-order valence-corrected chi connectivity index (χ2v) is 7.23. The predicted molar refractivity (Wildman–Crippen MR) is 87.2 cm³/mol. The molecule has 2 aliphatic rings. The lowest BCUT2D eigenvalue weighted by molar-refractivity contribution is 0.276. The minimum atomic E-state index is 0.642. The summed E-state index contributed by atoms with van der Waals surface area (Å²) in [4.78, 5) is 0. The van der Waals surface area contributed by atoms with Gasteiger partial charge >= 0.3 is 0 Å². The molecule has 0 aromatic carbocycles. The van der Waals surface area contributed by atoms with Crippen LogP contribution < -0.4 is 5.32 Å². The zero-order valence-corrected chi connectivity index (χ0v) is 13.7. The van der Waals surface area contributed by atoms with Gasteiger partial charge in [-0.2, -0.15) is 5.10 Å². The van der Waals surface area contributed by atoms with Crippen LogP contribution in [0.25, 0.3) is 0 Å². The van der Waals surface area contributed by atoms with Crippen LogP contribution in [0.3, 0.4) is 0 Å². The van der Waals surface area contributed by atoms with Crippen molar-refractivity contribution in [3.05, 3.63) is 18.0 Å². The predicted octanol–water partition coefficient (Wildman–Crippen LogP) is 3.64. The lowest BCUT2D eigenvalue weighted by Crippen LogP contribution is -2.34. The number of rotatable bonds is 8. The van der Waals surface area contributed by atoms with E-state index < -0.39 is 0 Å². The first kappa shape index (κ1) is 15.1. The van der Waals surface area contributed by atoms with Gasteiger partial charge in [-0.15, -0.1) is 0 Å². The third kappa shape index (κ3) is 3.68. The van der Waals surface area contributed by atoms with Gasteiger partial charge in [-0.1, -0.05) is 13.3 Å². The van der Waals surface area contributed by atoms with E-state index in [4.69, 9.17) is 0 Å². The van der Waals surface area contributed by atoms with Crippen LogP contribution in [0, 0.1) is 17.8 Å². The Hall–Kier alpha value is -0.830. The molecule has 1 N–H and O–H groups in total. The number of nitrogens with zero attached hydrogens (tertiary/aromatic N) is 2. The van der Waals surface area contributed by atoms with E-state index in [1.807, 2.05) is 4.68 Å². The molecule has 21 heavy (non-hydrogen) atoms. The zero-order chi connectivity index (χ0) is 14.7. The van der Waals surface area contributed by atoms with E-state index >= 15 is 0 Å². The highest BCUT2D eigenvalue weighted by atomic mass is 15.3. The van der Waals surface area contributed by atoms with Crippen LogP contribution in [0.15, 0.2) is 12.4 Å². The molecule has 3 heteroatoms. The van der Waals surface area contributed by atoms with Crippen LogP contribution in [-0.2, 0) is 13.0 Å². The molecule has 3 rings (SSSR count). The average molecular weight is 289 g/mol. The van der Waals surface area contributed by atoms with E-state index in [0.29, 0.717) is 6.04 Å². The topological polar surface area (TPSA) is 29.9 Å². The highest BCUT2D eigenvalue weighted by molar-refractivity contribution is 5.07. The molecular formula is C18H31N3. The molecule has 0 amide bonds. The molecule has 1 heterocycles. The maximum Gasteiger partial charge on any atom is 0.0522 e. The molecular weight excluding hydrogens is 258 g/mol. The van der Waals surface area contributed by atoms with Crippen molar-refractivity contribution in [3.63, 3.8) is 0 Å². The fraction of sp³-hybridized carbons (Fsp3) is 0.833. The van der Waals surface area contributed by atoms with Crippen LogP contribution in [0.5, 0.6) is 0 Å². The Labute approximate surface area is 129 Å². The van der Waals surface area contributed by atoms with E-state index in [1.165, 1.54) is 44.1 Å². The fourth-order valence-corrected chi connectivity index (χ4v) is 4.59. The van der Waals surface area contributed by atoms with Gasteiger partial charge in [0, 0.05) is 18.8 Å². The molecule has 2 saturated carbocycles. The first-order valence-electron chi connectivity index (χ1n) is 9.03. The van der Waals surface area contributed by atoms with Crippen molar-refractivity contribution in [3.8, 4) is 0 Å². The van der Waals surface area contributed by atoms with Crippen LogP contribution in [0.2, 0.25) is 0 Å². The normalized spacial score (nSPS) is 29.1. The molecule has 0 radical (unpaired) electrons. The largest absolute Gasteiger partial charge is 0.314 e. The maximum absolute atomic E-state index is 4.43. The van der Waals surface area contributed by atoms with Crippen molar-refractivity contribution in [2.24, 2.45) is 17.8 Å². The summed E-state index contributed by atoms with van der Waals surface area (Å²) in [5.74, 6) is 3.09. The van der Waals surface area contributed by atoms with Gasteiger partial charge in [0.25, 0.3) is 0 Å². The van der Waals surface area contributed by atoms with Crippen molar-refractivity contribution in [1.29, 1.82) is 0 Å². The van der Waals surface area contributed by atoms with Gasteiger partial charge in [0.05, 0.1) is 6.20 Å². The molecule has 2 bridgehead atoms. The molecule has 1 aromatic rings. The first-order valence-corrected chi connectivity index (χ1v) is 9.03. The number of fused-ring (bicyclic) bond motifs is 2. The summed E-state index contributed by atoms with van der Waals surface area (Å²) in [5, 5.41) is 8.22. The Morgan fingerprint density at radius 3 is 2.86 bits per heavy atom. The summed E-state index contributed by atoms with van der Waals surface area (Å²) >= 11 is 0. The maximum atomic E-state index is 4.43. The van der Waals surface area contributed by atoms with Crippen molar-refractivity contribution in [2.75, 3.05) is 6.54 Å². The molecule has 0 saturated heterocycles. The molecule has 0 spiro atoms. The van der Waals surface area contributed by atoms with Crippen molar-refractivity contribution < 1.29 is 0 Å². The standard InChI is InChI=1S/C18H31N3/c1-3-7-19-18(10-15-12-20-21(4-2)13-15)11-17-9-14-5-6-16(17)8-14/h12-14,16-19H,3-11H2,1-2H3. The highest BCUT2D eigenvalue weighted by Crippen LogP contribution is 2.49. The molecule has 118 valence electrons. The smallest absolute Gasteiger partial charge is 0.0522 e. The monoisotopic (exact) mass is 289 g/mol. The number of aromatic nitrogens is 2. The number of aryl methyl sites for hydroxylation is 1. The first-order chi connectivity index (χ1) is 10.3. The highest BCUT2D eigenvalue weighted by Gasteiger charge is 2.40. The summed E-state index contributed by atoms with van der Waals surface area (Å²) in [6, 6.07) is 0.642. The van der Waals surface area contributed by atoms with Crippen molar-refractivity contribution in [1.82, 2.24) is 15.1 Å². The van der Waals surface area contributed by atoms with Crippen LogP contribution >= 0.6 is 0 Å². The van der Waals surface area contributed by atoms with Gasteiger partial charge in [-0.05, 0) is 75.3 Å². The average Bonchev–Trinajstić information content (AvgIpc) is 3.20. The fourth-order valence-electron chi connectivity index (χ4n) is 4.59. The van der Waals surface area contributed by atoms with Crippen molar-refractivity contribution >= 4 is 0 Å². The van der Waals surface area contributed by atoms with Gasteiger partial charge in [0.2, 0.25) is 0 Å². The molecule has 4 unspecified atom stereocenters. The summed E-state index contributed by atoms with van der Waals surface area (Å²) < 4.78 is 2.05. The van der Waals surface area contributed by atoms with Gasteiger partial charge in [0.1, 0.15) is 0 Å². The molecule has 2 aliphatic carbocycles. The lowest BCUT2D eigenvalue weighted by atomic mass is 9.83. The molecule has 4 atom stereocenters. The third-order valence-electron chi connectivity index (χ3n) is 5.65. The molecule has 1 aromatic heterocycles. The van der Waals surface area contributed by atoms with Gasteiger partial charge < -0.3 is 5.32 Å². The third-order valence-corrected chi connectivity index (χ3v) is 5.65. The van der Waals surface area contributed by atoms with Gasteiger partial charge in [-0.25, -0.2) is 0 Å². The van der Waals surface area contributed by atoms with Crippen molar-refractivity contribution in [2.45, 2.75) is 71.4 Å². The molecule has 3 nitrogen and oxygen atoms in total. The van der Waals surface area contributed by atoms with E-state index in [0.717, 1.165) is 37.3 Å². The Balaban J connectivity index is 1.57. The number of hydrogen-bond acceptors (Lipinski definition) is 2. The van der Waals surface area contributed by atoms with Gasteiger partial charge in [0.15, 0.2) is 0 Å². The Kier molecular flexibility index (Phi) is 4.99. The Morgan fingerprint density at radius 1 is 1.33 bits per heavy atom. The Bertz CT molecular complexity index is 439. The zero-order valence-electron chi connectivity index (χ0n) is 13.7. The van der Waals surface area contributed by atoms with E-state index in [9.17, 15) is 0 Å². The SMILES string of the molecule is CCCNC(Cc1cnn(CC)c1)CC1CC2CCC1C2. The Morgan fingerprint density at radius 2 is 2.24 bits per heavy atom. The van der Waals surface area contributed by atoms with E-state index in [2.05, 4.69) is 36.7 Å². The minimum absolute atomic E-state index is 0.642. The molecule has 0 aliphatic heterocycles. The second kappa shape index (κ2) is 6.95. The van der Waals surface area contributed by atoms with Gasteiger partial charge in [-0.3, -0.25) is 4.68 Å². The second-order valence-electron chi connectivity index (χ2n) is 7.23. The number of nitrogens with one attached hydrogen (secondary N) is 1. The lowest BCUT2D eigenvalue weighted by Gasteiger charge is -2.27. The van der Waals surface area contributed by atoms with E-state index in [-0.39, 0.29) is 0 Å². The summed E-state index contributed by atoms with van der Waals surface area (Å²) in [7, 11) is 0. The summed E-state index contributed by atoms with van der Waals surface area (Å²) in [6.07, 6.45) is 14.1. The summed E-state index contributed by atoms with van der Waals surface area (Å²) in [6.45, 7) is 6.53. The number of hydrogen-bond donors (Lipinski definition) is 1. The van der Waals surface area contributed by atoms with Crippen LogP contribution in [0.4, 0.5) is 0 Å². The van der Waals surface area contributed by atoms with E-state index in [1.54, 1.807) is 0 Å². The van der Waals surface area contributed by atoms with Crippen LogP contribution in [0.1, 0.15) is 57.9 Å². The molecule has 2 fully saturated rings. The van der Waals surface area contributed by atoms with Crippen LogP contribution in [-0.4, -0.2) is 22.4 Å². The minimum Gasteiger partial charge on any atom is -0.314 e. The quantitative estimate of drug-likeness (QED) is 0.792.